The lowest BCUT2D eigenvalue weighted by atomic mass is 10.1. The summed E-state index contributed by atoms with van der Waals surface area (Å²) in [6.45, 7) is 0. The van der Waals surface area contributed by atoms with E-state index in [1.807, 2.05) is 48.5 Å². The zero-order valence-corrected chi connectivity index (χ0v) is 15.2. The van der Waals surface area contributed by atoms with Crippen LogP contribution in [0.5, 0.6) is 0 Å². The van der Waals surface area contributed by atoms with Crippen LogP contribution in [0, 0.1) is 5.82 Å². The number of benzene rings is 4. The fraction of sp³-hybridized carbons (Fsp3) is 0. The number of para-hydroxylation sites is 1. The summed E-state index contributed by atoms with van der Waals surface area (Å²) < 4.78 is 19.9. The molecule has 4 aromatic carbocycles. The van der Waals surface area contributed by atoms with E-state index in [1.54, 1.807) is 24.3 Å². The molecular formula is C24H15FN2O2. The summed E-state index contributed by atoms with van der Waals surface area (Å²) in [6, 6.07) is 24.9. The Balaban J connectivity index is 1.58. The number of aromatic nitrogens is 1. The van der Waals surface area contributed by atoms with Gasteiger partial charge in [-0.2, -0.15) is 0 Å². The van der Waals surface area contributed by atoms with Gasteiger partial charge in [-0.1, -0.05) is 54.6 Å². The lowest BCUT2D eigenvalue weighted by Gasteiger charge is -2.09. The fourth-order valence-electron chi connectivity index (χ4n) is 3.39. The van der Waals surface area contributed by atoms with E-state index in [1.165, 1.54) is 12.1 Å². The first-order valence-electron chi connectivity index (χ1n) is 9.14. The molecule has 29 heavy (non-hydrogen) atoms. The minimum absolute atomic E-state index is 0.0223. The van der Waals surface area contributed by atoms with E-state index in [0.717, 1.165) is 16.3 Å². The van der Waals surface area contributed by atoms with Gasteiger partial charge in [0.15, 0.2) is 5.58 Å². The molecule has 0 saturated carbocycles. The maximum absolute atomic E-state index is 14.0. The van der Waals surface area contributed by atoms with Crippen LogP contribution in [0.15, 0.2) is 89.3 Å². The van der Waals surface area contributed by atoms with Gasteiger partial charge in [-0.3, -0.25) is 4.79 Å². The predicted molar refractivity (Wildman–Crippen MR) is 111 cm³/mol. The molecule has 4 nitrogen and oxygen atoms in total. The van der Waals surface area contributed by atoms with Crippen molar-refractivity contribution < 1.29 is 13.6 Å². The van der Waals surface area contributed by atoms with Crippen molar-refractivity contribution in [2.45, 2.75) is 0 Å². The van der Waals surface area contributed by atoms with E-state index in [-0.39, 0.29) is 5.56 Å². The number of oxazole rings is 1. The third-order valence-electron chi connectivity index (χ3n) is 4.81. The number of nitrogens with zero attached hydrogens (tertiary/aromatic N) is 1. The van der Waals surface area contributed by atoms with Gasteiger partial charge in [0.05, 0.1) is 16.8 Å². The fourth-order valence-corrected chi connectivity index (χ4v) is 3.39. The number of anilines is 1. The molecule has 5 heteroatoms. The third kappa shape index (κ3) is 3.02. The monoisotopic (exact) mass is 382 g/mol. The summed E-state index contributed by atoms with van der Waals surface area (Å²) in [6.07, 6.45) is 0. The number of fused-ring (bicyclic) bond motifs is 3. The van der Waals surface area contributed by atoms with Crippen molar-refractivity contribution in [1.82, 2.24) is 4.98 Å². The molecule has 0 aliphatic carbocycles. The average Bonchev–Trinajstić information content (AvgIpc) is 3.19. The second kappa shape index (κ2) is 6.87. The van der Waals surface area contributed by atoms with Gasteiger partial charge in [0.25, 0.3) is 5.91 Å². The van der Waals surface area contributed by atoms with Crippen LogP contribution in [0.3, 0.4) is 0 Å². The van der Waals surface area contributed by atoms with Gasteiger partial charge in [-0.05, 0) is 35.7 Å². The van der Waals surface area contributed by atoms with Crippen LogP contribution in [0.1, 0.15) is 10.4 Å². The molecule has 0 radical (unpaired) electrons. The molecule has 0 spiro atoms. The van der Waals surface area contributed by atoms with Crippen molar-refractivity contribution in [2.24, 2.45) is 0 Å². The van der Waals surface area contributed by atoms with Crippen LogP contribution in [-0.2, 0) is 0 Å². The van der Waals surface area contributed by atoms with E-state index in [2.05, 4.69) is 10.3 Å². The Hall–Kier alpha value is -3.99. The molecule has 1 N–H and O–H groups in total. The molecule has 5 aromatic rings. The number of carbonyl (C=O) groups excluding carboxylic acids is 1. The number of carbonyl (C=O) groups is 1. The van der Waals surface area contributed by atoms with E-state index in [4.69, 9.17) is 4.42 Å². The Morgan fingerprint density at radius 3 is 2.52 bits per heavy atom. The topological polar surface area (TPSA) is 55.1 Å². The largest absolute Gasteiger partial charge is 0.436 e. The van der Waals surface area contributed by atoms with E-state index in [0.29, 0.717) is 22.7 Å². The van der Waals surface area contributed by atoms with Gasteiger partial charge >= 0.3 is 0 Å². The highest BCUT2D eigenvalue weighted by Crippen LogP contribution is 2.33. The number of hydrogen-bond donors (Lipinski definition) is 1. The Kier molecular flexibility index (Phi) is 4.06. The minimum Gasteiger partial charge on any atom is -0.436 e. The highest BCUT2D eigenvalue weighted by atomic mass is 19.1. The molecule has 140 valence electrons. The smallest absolute Gasteiger partial charge is 0.258 e. The number of rotatable bonds is 3. The molecule has 1 aromatic heterocycles. The summed E-state index contributed by atoms with van der Waals surface area (Å²) in [5.41, 5.74) is 2.52. The predicted octanol–water partition coefficient (Wildman–Crippen LogP) is 6.04. The second-order valence-corrected chi connectivity index (χ2v) is 6.63. The lowest BCUT2D eigenvalue weighted by molar-refractivity contribution is 0.102. The summed E-state index contributed by atoms with van der Waals surface area (Å²) in [7, 11) is 0. The Morgan fingerprint density at radius 2 is 1.62 bits per heavy atom. The summed E-state index contributed by atoms with van der Waals surface area (Å²) in [5, 5.41) is 4.83. The number of amides is 1. The summed E-state index contributed by atoms with van der Waals surface area (Å²) in [5.74, 6) is -0.714. The van der Waals surface area contributed by atoms with Crippen LogP contribution < -0.4 is 5.32 Å². The van der Waals surface area contributed by atoms with E-state index in [9.17, 15) is 9.18 Å². The van der Waals surface area contributed by atoms with Gasteiger partial charge in [0, 0.05) is 5.39 Å². The Morgan fingerprint density at radius 1 is 0.862 bits per heavy atom. The highest BCUT2D eigenvalue weighted by Gasteiger charge is 2.17. The first-order valence-corrected chi connectivity index (χ1v) is 9.14. The molecular weight excluding hydrogens is 367 g/mol. The molecule has 1 heterocycles. The van der Waals surface area contributed by atoms with Crippen molar-refractivity contribution in [1.29, 1.82) is 0 Å². The standard InChI is InChI=1S/C24H15FN2O2/c25-19-11-5-3-9-17(19)23(28)26-20-12-6-4-10-18(20)24-27-22-16-8-2-1-7-15(16)13-14-21(22)29-24/h1-14H,(H,26,28). The normalized spacial score (nSPS) is 11.1. The Labute approximate surface area is 165 Å². The molecule has 0 bridgehead atoms. The molecule has 0 aliphatic rings. The summed E-state index contributed by atoms with van der Waals surface area (Å²) >= 11 is 0. The van der Waals surface area contributed by atoms with Gasteiger partial charge in [0.2, 0.25) is 5.89 Å². The average molecular weight is 382 g/mol. The molecule has 0 unspecified atom stereocenters. The molecule has 0 aliphatic heterocycles. The maximum Gasteiger partial charge on any atom is 0.258 e. The van der Waals surface area contributed by atoms with Gasteiger partial charge in [0.1, 0.15) is 11.3 Å². The first-order chi connectivity index (χ1) is 14.2. The van der Waals surface area contributed by atoms with Crippen LogP contribution in [0.25, 0.3) is 33.3 Å². The first kappa shape index (κ1) is 17.1. The van der Waals surface area contributed by atoms with Crippen LogP contribution in [0.4, 0.5) is 10.1 Å². The minimum atomic E-state index is -0.573. The van der Waals surface area contributed by atoms with Crippen molar-refractivity contribution in [3.63, 3.8) is 0 Å². The van der Waals surface area contributed by atoms with E-state index >= 15 is 0 Å². The van der Waals surface area contributed by atoms with E-state index < -0.39 is 11.7 Å². The van der Waals surface area contributed by atoms with Crippen molar-refractivity contribution in [3.05, 3.63) is 96.3 Å². The van der Waals surface area contributed by atoms with Crippen LogP contribution in [-0.4, -0.2) is 10.9 Å². The Bertz CT molecular complexity index is 1370. The molecule has 5 rings (SSSR count). The summed E-state index contributed by atoms with van der Waals surface area (Å²) in [4.78, 5) is 17.2. The second-order valence-electron chi connectivity index (χ2n) is 6.63. The molecule has 0 fully saturated rings. The van der Waals surface area contributed by atoms with Crippen molar-refractivity contribution >= 4 is 33.5 Å². The lowest BCUT2D eigenvalue weighted by Crippen LogP contribution is -2.14. The van der Waals surface area contributed by atoms with Crippen LogP contribution >= 0.6 is 0 Å². The third-order valence-corrected chi connectivity index (χ3v) is 4.81. The number of hydrogen-bond acceptors (Lipinski definition) is 3. The van der Waals surface area contributed by atoms with Crippen LogP contribution in [0.2, 0.25) is 0 Å². The van der Waals surface area contributed by atoms with Crippen molar-refractivity contribution in [2.75, 3.05) is 5.32 Å². The number of nitrogens with one attached hydrogen (secondary N) is 1. The molecule has 0 saturated heterocycles. The number of halogens is 1. The molecule has 0 atom stereocenters. The van der Waals surface area contributed by atoms with Crippen molar-refractivity contribution in [3.8, 4) is 11.5 Å². The highest BCUT2D eigenvalue weighted by molar-refractivity contribution is 6.07. The zero-order chi connectivity index (χ0) is 19.8. The van der Waals surface area contributed by atoms with Gasteiger partial charge in [-0.15, -0.1) is 0 Å². The zero-order valence-electron chi connectivity index (χ0n) is 15.2. The molecule has 1 amide bonds. The van der Waals surface area contributed by atoms with Gasteiger partial charge in [-0.25, -0.2) is 9.37 Å². The SMILES string of the molecule is O=C(Nc1ccccc1-c1nc2c(ccc3ccccc32)o1)c1ccccc1F. The maximum atomic E-state index is 14.0. The van der Waals surface area contributed by atoms with Gasteiger partial charge < -0.3 is 9.73 Å². The quantitative estimate of drug-likeness (QED) is 0.414.